The van der Waals surface area contributed by atoms with Crippen LogP contribution in [0, 0.1) is 21.7 Å². The van der Waals surface area contributed by atoms with Gasteiger partial charge in [0.25, 0.3) is 0 Å². The minimum atomic E-state index is -1.18. The average molecular weight is 282 g/mol. The Labute approximate surface area is 113 Å². The van der Waals surface area contributed by atoms with Crippen molar-refractivity contribution in [3.05, 3.63) is 57.4 Å². The molecule has 1 aromatic carbocycles. The molecular weight excluding hydrogens is 270 g/mol. The number of halogens is 2. The summed E-state index contributed by atoms with van der Waals surface area (Å²) in [6, 6.07) is 3.22. The Balaban J connectivity index is 2.08. The van der Waals surface area contributed by atoms with Crippen molar-refractivity contribution in [2.75, 3.05) is 0 Å². The molecule has 6 nitrogen and oxygen atoms in total. The molecule has 0 fully saturated rings. The Morgan fingerprint density at radius 3 is 2.70 bits per heavy atom. The number of nitro groups is 1. The zero-order valence-electron chi connectivity index (χ0n) is 10.6. The molecule has 0 unspecified atom stereocenters. The summed E-state index contributed by atoms with van der Waals surface area (Å²) in [4.78, 5) is 9.73. The van der Waals surface area contributed by atoms with Crippen molar-refractivity contribution in [1.29, 1.82) is 0 Å². The summed E-state index contributed by atoms with van der Waals surface area (Å²) in [5, 5.41) is 17.5. The van der Waals surface area contributed by atoms with Gasteiger partial charge in [0, 0.05) is 44.0 Å². The number of nitrogens with zero attached hydrogens (tertiary/aromatic N) is 3. The highest BCUT2D eigenvalue weighted by Crippen LogP contribution is 2.21. The van der Waals surface area contributed by atoms with Crippen molar-refractivity contribution in [2.45, 2.75) is 13.1 Å². The highest BCUT2D eigenvalue weighted by Gasteiger charge is 2.18. The first-order chi connectivity index (χ1) is 9.49. The molecule has 20 heavy (non-hydrogen) atoms. The van der Waals surface area contributed by atoms with Gasteiger partial charge in [0.05, 0.1) is 10.6 Å². The lowest BCUT2D eigenvalue weighted by Gasteiger charge is -2.07. The summed E-state index contributed by atoms with van der Waals surface area (Å²) in [6.45, 7) is 0.471. The predicted octanol–water partition coefficient (Wildman–Crippen LogP) is 1.90. The molecule has 2 aromatic rings. The molecule has 8 heteroatoms. The maximum atomic E-state index is 13.5. The second-order valence-electron chi connectivity index (χ2n) is 4.20. The molecule has 0 atom stereocenters. The number of nitro benzene ring substituents is 1. The first-order valence-corrected chi connectivity index (χ1v) is 5.79. The zero-order chi connectivity index (χ0) is 14.7. The van der Waals surface area contributed by atoms with E-state index in [1.807, 2.05) is 0 Å². The minimum absolute atomic E-state index is 0.0419. The SMILES string of the molecule is Cn1nccc1CNCc1cc([N+](=O)[O-])c(F)cc1F. The molecule has 0 aliphatic heterocycles. The quantitative estimate of drug-likeness (QED) is 0.671. The van der Waals surface area contributed by atoms with E-state index in [2.05, 4.69) is 10.4 Å². The van der Waals surface area contributed by atoms with E-state index in [4.69, 9.17) is 0 Å². The molecule has 1 aromatic heterocycles. The number of rotatable bonds is 5. The van der Waals surface area contributed by atoms with Gasteiger partial charge < -0.3 is 5.32 Å². The van der Waals surface area contributed by atoms with Gasteiger partial charge in [-0.05, 0) is 6.07 Å². The van der Waals surface area contributed by atoms with Crippen LogP contribution in [-0.2, 0) is 20.1 Å². The number of benzene rings is 1. The van der Waals surface area contributed by atoms with Crippen molar-refractivity contribution >= 4 is 5.69 Å². The second-order valence-corrected chi connectivity index (χ2v) is 4.20. The predicted molar refractivity (Wildman–Crippen MR) is 66.8 cm³/mol. The van der Waals surface area contributed by atoms with E-state index in [1.54, 1.807) is 24.0 Å². The molecule has 0 aliphatic carbocycles. The van der Waals surface area contributed by atoms with Crippen molar-refractivity contribution in [3.63, 3.8) is 0 Å². The van der Waals surface area contributed by atoms with E-state index < -0.39 is 22.2 Å². The van der Waals surface area contributed by atoms with Gasteiger partial charge >= 0.3 is 5.69 Å². The van der Waals surface area contributed by atoms with Crippen LogP contribution in [0.1, 0.15) is 11.3 Å². The van der Waals surface area contributed by atoms with Gasteiger partial charge in [-0.25, -0.2) is 4.39 Å². The van der Waals surface area contributed by atoms with E-state index >= 15 is 0 Å². The minimum Gasteiger partial charge on any atom is -0.307 e. The van der Waals surface area contributed by atoms with Crippen LogP contribution in [0.5, 0.6) is 0 Å². The molecule has 0 amide bonds. The molecule has 2 rings (SSSR count). The highest BCUT2D eigenvalue weighted by molar-refractivity contribution is 5.37. The zero-order valence-corrected chi connectivity index (χ0v) is 10.6. The fourth-order valence-electron chi connectivity index (χ4n) is 1.76. The lowest BCUT2D eigenvalue weighted by molar-refractivity contribution is -0.387. The molecular formula is C12H12F2N4O2. The van der Waals surface area contributed by atoms with Crippen LogP contribution in [-0.4, -0.2) is 14.7 Å². The summed E-state index contributed by atoms with van der Waals surface area (Å²) >= 11 is 0. The largest absolute Gasteiger partial charge is 0.307 e. The first kappa shape index (κ1) is 14.1. The number of aromatic nitrogens is 2. The van der Waals surface area contributed by atoms with Crippen molar-refractivity contribution in [2.24, 2.45) is 7.05 Å². The highest BCUT2D eigenvalue weighted by atomic mass is 19.1. The Bertz CT molecular complexity index is 642. The van der Waals surface area contributed by atoms with Crippen LogP contribution in [0.2, 0.25) is 0 Å². The number of nitrogens with one attached hydrogen (secondary N) is 1. The van der Waals surface area contributed by atoms with Crippen LogP contribution in [0.25, 0.3) is 0 Å². The van der Waals surface area contributed by atoms with Gasteiger partial charge in [-0.1, -0.05) is 0 Å². The van der Waals surface area contributed by atoms with Crippen molar-refractivity contribution < 1.29 is 13.7 Å². The number of hydrogen-bond acceptors (Lipinski definition) is 4. The van der Waals surface area contributed by atoms with Gasteiger partial charge in [0.15, 0.2) is 0 Å². The third-order valence-electron chi connectivity index (χ3n) is 2.86. The Kier molecular flexibility index (Phi) is 4.04. The normalized spacial score (nSPS) is 10.8. The molecule has 0 aliphatic rings. The van der Waals surface area contributed by atoms with Crippen molar-refractivity contribution in [1.82, 2.24) is 15.1 Å². The molecule has 0 radical (unpaired) electrons. The van der Waals surface area contributed by atoms with Crippen LogP contribution in [0.3, 0.4) is 0 Å². The van der Waals surface area contributed by atoms with E-state index in [-0.39, 0.29) is 12.1 Å². The van der Waals surface area contributed by atoms with Gasteiger partial charge in [0.1, 0.15) is 5.82 Å². The molecule has 1 N–H and O–H groups in total. The summed E-state index contributed by atoms with van der Waals surface area (Å²) in [5.41, 5.74) is 0.186. The third kappa shape index (κ3) is 2.97. The topological polar surface area (TPSA) is 73.0 Å². The lowest BCUT2D eigenvalue weighted by atomic mass is 10.1. The molecule has 106 valence electrons. The second kappa shape index (κ2) is 5.74. The van der Waals surface area contributed by atoms with E-state index in [1.165, 1.54) is 0 Å². The molecule has 0 saturated heterocycles. The van der Waals surface area contributed by atoms with Gasteiger partial charge in [-0.15, -0.1) is 0 Å². The standard InChI is InChI=1S/C12H12F2N4O2/c1-17-9(2-3-16-17)7-15-6-8-4-12(18(19)20)11(14)5-10(8)13/h2-5,15H,6-7H2,1H3. The average Bonchev–Trinajstić information content (AvgIpc) is 2.77. The maximum Gasteiger partial charge on any atom is 0.305 e. The van der Waals surface area contributed by atoms with Crippen LogP contribution >= 0.6 is 0 Å². The molecule has 0 spiro atoms. The number of aryl methyl sites for hydroxylation is 1. The van der Waals surface area contributed by atoms with Gasteiger partial charge in [-0.2, -0.15) is 9.49 Å². The van der Waals surface area contributed by atoms with Crippen LogP contribution in [0.15, 0.2) is 24.4 Å². The van der Waals surface area contributed by atoms with Crippen LogP contribution in [0.4, 0.5) is 14.5 Å². The summed E-state index contributed by atoms with van der Waals surface area (Å²) in [5.74, 6) is -1.99. The van der Waals surface area contributed by atoms with Gasteiger partial charge in [0.2, 0.25) is 5.82 Å². The van der Waals surface area contributed by atoms with E-state index in [9.17, 15) is 18.9 Å². The third-order valence-corrected chi connectivity index (χ3v) is 2.86. The maximum absolute atomic E-state index is 13.5. The summed E-state index contributed by atoms with van der Waals surface area (Å²) < 4.78 is 28.3. The Morgan fingerprint density at radius 1 is 1.35 bits per heavy atom. The lowest BCUT2D eigenvalue weighted by Crippen LogP contribution is -2.16. The first-order valence-electron chi connectivity index (χ1n) is 5.79. The molecule has 1 heterocycles. The fourth-order valence-corrected chi connectivity index (χ4v) is 1.76. The summed E-state index contributed by atoms with van der Waals surface area (Å²) in [6.07, 6.45) is 1.63. The van der Waals surface area contributed by atoms with Crippen LogP contribution < -0.4 is 5.32 Å². The smallest absolute Gasteiger partial charge is 0.305 e. The monoisotopic (exact) mass is 282 g/mol. The Hall–Kier alpha value is -2.35. The fraction of sp³-hybridized carbons (Fsp3) is 0.250. The van der Waals surface area contributed by atoms with E-state index in [0.29, 0.717) is 12.6 Å². The van der Waals surface area contributed by atoms with Gasteiger partial charge in [-0.3, -0.25) is 14.8 Å². The molecule has 0 saturated carbocycles. The van der Waals surface area contributed by atoms with E-state index in [0.717, 1.165) is 11.8 Å². The number of hydrogen-bond donors (Lipinski definition) is 1. The summed E-state index contributed by atoms with van der Waals surface area (Å²) in [7, 11) is 1.76. The Morgan fingerprint density at radius 2 is 2.10 bits per heavy atom. The van der Waals surface area contributed by atoms with Crippen molar-refractivity contribution in [3.8, 4) is 0 Å². The molecule has 0 bridgehead atoms.